The Balaban J connectivity index is 1.84. The predicted molar refractivity (Wildman–Crippen MR) is 124 cm³/mol. The van der Waals surface area contributed by atoms with Gasteiger partial charge >= 0.3 is 0 Å². The fourth-order valence-corrected chi connectivity index (χ4v) is 4.91. The van der Waals surface area contributed by atoms with Crippen molar-refractivity contribution in [1.29, 1.82) is 0 Å². The quantitative estimate of drug-likeness (QED) is 0.336. The number of aliphatic hydroxyl groups excluding tert-OH is 1. The fourth-order valence-electron chi connectivity index (χ4n) is 4.00. The first-order valence-corrected chi connectivity index (χ1v) is 11.1. The summed E-state index contributed by atoms with van der Waals surface area (Å²) in [6.07, 6.45) is 0. The normalized spacial score (nSPS) is 19.0. The molecule has 0 spiro atoms. The van der Waals surface area contributed by atoms with E-state index in [9.17, 15) is 19.8 Å². The van der Waals surface area contributed by atoms with Gasteiger partial charge in [0, 0.05) is 17.0 Å². The molecular formula is C25H24N2O4S. The zero-order chi connectivity index (χ0) is 22.8. The van der Waals surface area contributed by atoms with E-state index in [0.717, 1.165) is 4.88 Å². The van der Waals surface area contributed by atoms with E-state index < -0.39 is 17.7 Å². The van der Waals surface area contributed by atoms with Crippen LogP contribution in [0.2, 0.25) is 0 Å². The lowest BCUT2D eigenvalue weighted by molar-refractivity contribution is -0.140. The maximum Gasteiger partial charge on any atom is 0.295 e. The Bertz CT molecular complexity index is 1140. The van der Waals surface area contributed by atoms with Gasteiger partial charge in [0.15, 0.2) is 0 Å². The Morgan fingerprint density at radius 2 is 1.72 bits per heavy atom. The number of hydrogen-bond donors (Lipinski definition) is 2. The highest BCUT2D eigenvalue weighted by molar-refractivity contribution is 7.10. The van der Waals surface area contributed by atoms with Crippen LogP contribution in [0.5, 0.6) is 5.75 Å². The molecule has 0 unspecified atom stereocenters. The molecule has 32 heavy (non-hydrogen) atoms. The van der Waals surface area contributed by atoms with E-state index in [2.05, 4.69) is 0 Å². The number of nitrogens with zero attached hydrogens (tertiary/aromatic N) is 2. The molecule has 0 aliphatic carbocycles. The van der Waals surface area contributed by atoms with Gasteiger partial charge in [-0.2, -0.15) is 0 Å². The van der Waals surface area contributed by atoms with Crippen molar-refractivity contribution in [2.24, 2.45) is 0 Å². The van der Waals surface area contributed by atoms with Gasteiger partial charge in [0.2, 0.25) is 0 Å². The number of amides is 1. The Labute approximate surface area is 190 Å². The number of aromatic hydroxyl groups is 1. The molecule has 1 aromatic heterocycles. The molecule has 1 fully saturated rings. The van der Waals surface area contributed by atoms with Crippen molar-refractivity contribution in [2.75, 3.05) is 20.6 Å². The van der Waals surface area contributed by atoms with E-state index in [-0.39, 0.29) is 29.7 Å². The topological polar surface area (TPSA) is 81.1 Å². The van der Waals surface area contributed by atoms with E-state index in [1.165, 1.54) is 17.0 Å². The van der Waals surface area contributed by atoms with Gasteiger partial charge in [-0.15, -0.1) is 11.3 Å². The number of phenolic OH excluding ortho intramolecular Hbond substituents is 1. The van der Waals surface area contributed by atoms with E-state index in [0.29, 0.717) is 11.1 Å². The van der Waals surface area contributed by atoms with Gasteiger partial charge in [-0.3, -0.25) is 9.59 Å². The molecule has 1 saturated heterocycles. The number of hydrogen-bond acceptors (Lipinski definition) is 6. The largest absolute Gasteiger partial charge is 0.508 e. The first kappa shape index (κ1) is 21.8. The fraction of sp³-hybridized carbons (Fsp3) is 0.200. The molecule has 2 N–H and O–H groups in total. The predicted octanol–water partition coefficient (Wildman–Crippen LogP) is 4.18. The van der Waals surface area contributed by atoms with Crippen LogP contribution in [0, 0.1) is 0 Å². The van der Waals surface area contributed by atoms with Crippen LogP contribution >= 0.6 is 11.3 Å². The molecule has 164 valence electrons. The van der Waals surface area contributed by atoms with Gasteiger partial charge in [-0.25, -0.2) is 0 Å². The molecule has 4 rings (SSSR count). The van der Waals surface area contributed by atoms with Crippen molar-refractivity contribution < 1.29 is 19.8 Å². The number of likely N-dealkylation sites (N-methyl/N-ethyl adjacent to an activating group) is 1. The maximum absolute atomic E-state index is 13.2. The van der Waals surface area contributed by atoms with Crippen molar-refractivity contribution in [3.8, 4) is 5.75 Å². The minimum atomic E-state index is -0.766. The number of likely N-dealkylation sites (tertiary alicyclic amines) is 1. The van der Waals surface area contributed by atoms with Crippen molar-refractivity contribution in [2.45, 2.75) is 12.1 Å². The zero-order valence-electron chi connectivity index (χ0n) is 17.8. The summed E-state index contributed by atoms with van der Waals surface area (Å²) in [6, 6.07) is 18.2. The van der Waals surface area contributed by atoms with Crippen molar-refractivity contribution in [3.63, 3.8) is 0 Å². The smallest absolute Gasteiger partial charge is 0.295 e. The zero-order valence-corrected chi connectivity index (χ0v) is 18.6. The Morgan fingerprint density at radius 1 is 1.03 bits per heavy atom. The molecule has 0 bridgehead atoms. The van der Waals surface area contributed by atoms with Gasteiger partial charge in [0.25, 0.3) is 11.7 Å². The van der Waals surface area contributed by atoms with Gasteiger partial charge in [0.05, 0.1) is 17.7 Å². The molecule has 7 heteroatoms. The summed E-state index contributed by atoms with van der Waals surface area (Å²) in [7, 11) is 3.86. The molecule has 2 aromatic carbocycles. The number of carbonyl (C=O) groups is 2. The molecule has 1 amide bonds. The van der Waals surface area contributed by atoms with Crippen LogP contribution < -0.4 is 0 Å². The first-order valence-electron chi connectivity index (χ1n) is 10.2. The van der Waals surface area contributed by atoms with E-state index in [1.54, 1.807) is 47.7 Å². The highest BCUT2D eigenvalue weighted by atomic mass is 32.1. The molecule has 0 saturated carbocycles. The van der Waals surface area contributed by atoms with Crippen LogP contribution in [0.25, 0.3) is 5.76 Å². The van der Waals surface area contributed by atoms with Gasteiger partial charge in [-0.05, 0) is 43.2 Å². The maximum atomic E-state index is 13.2. The number of aliphatic hydroxyl groups is 1. The van der Waals surface area contributed by atoms with E-state index in [4.69, 9.17) is 0 Å². The van der Waals surface area contributed by atoms with Crippen LogP contribution in [-0.4, -0.2) is 52.3 Å². The average Bonchev–Trinajstić information content (AvgIpc) is 3.40. The highest BCUT2D eigenvalue weighted by Gasteiger charge is 2.47. The summed E-state index contributed by atoms with van der Waals surface area (Å²) in [5.41, 5.74) is 1.16. The number of thiophene rings is 1. The monoisotopic (exact) mass is 448 g/mol. The number of ketones is 1. The third-order valence-corrected chi connectivity index (χ3v) is 6.63. The van der Waals surface area contributed by atoms with Crippen LogP contribution in [0.4, 0.5) is 0 Å². The second-order valence-electron chi connectivity index (χ2n) is 7.90. The van der Waals surface area contributed by atoms with Crippen LogP contribution in [0.1, 0.15) is 28.1 Å². The number of benzene rings is 2. The summed E-state index contributed by atoms with van der Waals surface area (Å²) in [6.45, 7) is 0.273. The molecule has 1 aliphatic heterocycles. The second kappa shape index (κ2) is 8.98. The summed E-state index contributed by atoms with van der Waals surface area (Å²) >= 11 is 1.59. The number of carbonyl (C=O) groups excluding carboxylic acids is 2. The van der Waals surface area contributed by atoms with Gasteiger partial charge in [-0.1, -0.05) is 48.5 Å². The van der Waals surface area contributed by atoms with Crippen molar-refractivity contribution in [1.82, 2.24) is 9.80 Å². The molecule has 2 atom stereocenters. The lowest BCUT2D eigenvalue weighted by atomic mass is 9.95. The van der Waals surface area contributed by atoms with Crippen LogP contribution in [0.15, 0.2) is 77.7 Å². The lowest BCUT2D eigenvalue weighted by Gasteiger charge is -2.32. The Morgan fingerprint density at radius 3 is 2.31 bits per heavy atom. The minimum absolute atomic E-state index is 0.0515. The van der Waals surface area contributed by atoms with E-state index in [1.807, 2.05) is 42.6 Å². The highest BCUT2D eigenvalue weighted by Crippen LogP contribution is 2.41. The Hall–Kier alpha value is -3.42. The molecular weight excluding hydrogens is 424 g/mol. The molecule has 3 aromatic rings. The third-order valence-electron chi connectivity index (χ3n) is 5.66. The third kappa shape index (κ3) is 4.04. The number of Topliss-reactive ketones (excluding diaryl/α,β-unsaturated/α-hetero) is 1. The minimum Gasteiger partial charge on any atom is -0.508 e. The second-order valence-corrected chi connectivity index (χ2v) is 8.88. The number of phenols is 1. The summed E-state index contributed by atoms with van der Waals surface area (Å²) in [5.74, 6) is -1.49. The van der Waals surface area contributed by atoms with Crippen LogP contribution in [-0.2, 0) is 9.59 Å². The van der Waals surface area contributed by atoms with Crippen LogP contribution in [0.3, 0.4) is 0 Å². The van der Waals surface area contributed by atoms with Gasteiger partial charge in [0.1, 0.15) is 11.5 Å². The SMILES string of the molecule is CN(C)[C@@H](CN1C(=O)C(=O)C(=C(O)c2ccccc2)[C@H]1c1ccc(O)cc1)c1cccs1. The molecule has 0 radical (unpaired) electrons. The average molecular weight is 449 g/mol. The molecule has 1 aliphatic rings. The summed E-state index contributed by atoms with van der Waals surface area (Å²) in [4.78, 5) is 31.0. The molecule has 2 heterocycles. The molecule has 6 nitrogen and oxygen atoms in total. The standard InChI is InChI=1S/C25H24N2O4S/c1-26(2)19(20-9-6-14-32-20)15-27-22(16-10-12-18(28)13-11-16)21(24(30)25(27)31)23(29)17-7-4-3-5-8-17/h3-14,19,22,28-29H,15H2,1-2H3/t19-,22+/m0/s1. The van der Waals surface area contributed by atoms with E-state index >= 15 is 0 Å². The first-order chi connectivity index (χ1) is 15.4. The summed E-state index contributed by atoms with van der Waals surface area (Å²) < 4.78 is 0. The Kier molecular flexibility index (Phi) is 6.12. The summed E-state index contributed by atoms with van der Waals surface area (Å²) in [5, 5.41) is 22.8. The van der Waals surface area contributed by atoms with Crippen molar-refractivity contribution >= 4 is 28.8 Å². The lowest BCUT2D eigenvalue weighted by Crippen LogP contribution is -2.37. The van der Waals surface area contributed by atoms with Gasteiger partial charge < -0.3 is 20.0 Å². The van der Waals surface area contributed by atoms with Crippen molar-refractivity contribution in [3.05, 3.63) is 93.7 Å². The number of rotatable bonds is 6.